The van der Waals surface area contributed by atoms with Crippen LogP contribution < -0.4 is 5.32 Å². The third-order valence-corrected chi connectivity index (χ3v) is 7.58. The Balaban J connectivity index is 1.60. The van der Waals surface area contributed by atoms with Crippen LogP contribution in [-0.4, -0.2) is 56.6 Å². The predicted octanol–water partition coefficient (Wildman–Crippen LogP) is 3.56. The van der Waals surface area contributed by atoms with Crippen molar-refractivity contribution in [2.45, 2.75) is 53.9 Å². The Labute approximate surface area is 181 Å². The van der Waals surface area contributed by atoms with Gasteiger partial charge in [-0.25, -0.2) is 14.5 Å². The summed E-state index contributed by atoms with van der Waals surface area (Å²) in [5, 5.41) is 8.44. The maximum absolute atomic E-state index is 12.6. The topological polar surface area (TPSA) is 75.4 Å². The molecule has 30 heavy (non-hydrogen) atoms. The third-order valence-electron chi connectivity index (χ3n) is 6.42. The minimum Gasteiger partial charge on any atom is -0.348 e. The second-order valence-electron chi connectivity index (χ2n) is 9.22. The van der Waals surface area contributed by atoms with Gasteiger partial charge in [-0.1, -0.05) is 34.6 Å². The Kier molecular flexibility index (Phi) is 5.81. The molecule has 1 aliphatic carbocycles. The summed E-state index contributed by atoms with van der Waals surface area (Å²) < 4.78 is 1.66. The van der Waals surface area contributed by atoms with Gasteiger partial charge in [-0.3, -0.25) is 4.79 Å². The number of hydrogen-bond acceptors (Lipinski definition) is 6. The highest BCUT2D eigenvalue weighted by atomic mass is 32.1. The molecule has 0 aliphatic heterocycles. The average Bonchev–Trinajstić information content (AvgIpc) is 3.30. The predicted molar refractivity (Wildman–Crippen MR) is 121 cm³/mol. The van der Waals surface area contributed by atoms with Gasteiger partial charge in [0.05, 0.1) is 5.39 Å². The average molecular weight is 429 g/mol. The van der Waals surface area contributed by atoms with E-state index in [9.17, 15) is 4.79 Å². The van der Waals surface area contributed by atoms with Gasteiger partial charge in [-0.05, 0) is 49.2 Å². The molecule has 3 heterocycles. The van der Waals surface area contributed by atoms with Crippen LogP contribution in [-0.2, 0) is 12.8 Å². The number of likely N-dealkylation sites (N-methyl/N-ethyl adjacent to an activating group) is 1. The molecule has 162 valence electrons. The van der Waals surface area contributed by atoms with Crippen LogP contribution in [0.1, 0.15) is 62.1 Å². The van der Waals surface area contributed by atoms with E-state index in [1.165, 1.54) is 16.9 Å². The number of carbonyl (C=O) groups excluding carboxylic acids is 1. The van der Waals surface area contributed by atoms with Crippen LogP contribution in [0.3, 0.4) is 0 Å². The molecular formula is C22H32N6OS. The lowest BCUT2D eigenvalue weighted by Gasteiger charge is -2.33. The van der Waals surface area contributed by atoms with Gasteiger partial charge in [-0.15, -0.1) is 16.4 Å². The van der Waals surface area contributed by atoms with Crippen molar-refractivity contribution in [1.82, 2.24) is 29.8 Å². The van der Waals surface area contributed by atoms with Crippen molar-refractivity contribution in [2.24, 2.45) is 11.3 Å². The van der Waals surface area contributed by atoms with E-state index >= 15 is 0 Å². The number of amides is 1. The Morgan fingerprint density at radius 2 is 2.10 bits per heavy atom. The van der Waals surface area contributed by atoms with Gasteiger partial charge in [0.15, 0.2) is 5.65 Å². The number of thiophene rings is 1. The maximum atomic E-state index is 12.6. The number of fused-ring (bicyclic) bond motifs is 5. The maximum Gasteiger partial charge on any atom is 0.291 e. The first kappa shape index (κ1) is 21.2. The number of carbonyl (C=O) groups is 1. The highest BCUT2D eigenvalue weighted by molar-refractivity contribution is 7.19. The fraction of sp³-hybridized carbons (Fsp3) is 0.636. The zero-order valence-corrected chi connectivity index (χ0v) is 19.5. The summed E-state index contributed by atoms with van der Waals surface area (Å²) >= 11 is 1.78. The van der Waals surface area contributed by atoms with Crippen molar-refractivity contribution < 1.29 is 4.79 Å². The Morgan fingerprint density at radius 1 is 1.33 bits per heavy atom. The van der Waals surface area contributed by atoms with Gasteiger partial charge in [0.2, 0.25) is 5.82 Å². The Morgan fingerprint density at radius 3 is 2.80 bits per heavy atom. The molecule has 8 heteroatoms. The van der Waals surface area contributed by atoms with Crippen molar-refractivity contribution in [3.8, 4) is 0 Å². The van der Waals surface area contributed by atoms with Crippen molar-refractivity contribution >= 4 is 33.1 Å². The van der Waals surface area contributed by atoms with Crippen LogP contribution in [0.15, 0.2) is 6.33 Å². The summed E-state index contributed by atoms with van der Waals surface area (Å²) in [5.41, 5.74) is 2.41. The van der Waals surface area contributed by atoms with Crippen molar-refractivity contribution in [3.05, 3.63) is 22.6 Å². The summed E-state index contributed by atoms with van der Waals surface area (Å²) in [6.45, 7) is 14.6. The summed E-state index contributed by atoms with van der Waals surface area (Å²) in [7, 11) is 0. The van der Waals surface area contributed by atoms with Crippen LogP contribution in [0, 0.1) is 11.3 Å². The fourth-order valence-electron chi connectivity index (χ4n) is 4.36. The summed E-state index contributed by atoms with van der Waals surface area (Å²) in [5.74, 6) is 0.669. The summed E-state index contributed by atoms with van der Waals surface area (Å²) in [6.07, 6.45) is 4.99. The molecule has 0 saturated heterocycles. The van der Waals surface area contributed by atoms with Crippen molar-refractivity contribution in [3.63, 3.8) is 0 Å². The van der Waals surface area contributed by atoms with Crippen LogP contribution in [0.5, 0.6) is 0 Å². The number of aromatic nitrogens is 4. The summed E-state index contributed by atoms with van der Waals surface area (Å²) in [6, 6.07) is 0. The SMILES string of the molecule is CCN(CC)CCNC(=O)c1nc2c3c4c(sc3ncn2n1)CC(C(C)(C)C)CC4. The zero-order valence-electron chi connectivity index (χ0n) is 18.7. The molecule has 1 N–H and O–H groups in total. The van der Waals surface area contributed by atoms with Crippen LogP contribution in [0.4, 0.5) is 0 Å². The zero-order chi connectivity index (χ0) is 21.5. The lowest BCUT2D eigenvalue weighted by atomic mass is 9.72. The molecule has 0 saturated carbocycles. The first-order valence-electron chi connectivity index (χ1n) is 11.0. The van der Waals surface area contributed by atoms with Crippen molar-refractivity contribution in [2.75, 3.05) is 26.2 Å². The lowest BCUT2D eigenvalue weighted by molar-refractivity contribution is 0.0938. The second kappa shape index (κ2) is 8.23. The fourth-order valence-corrected chi connectivity index (χ4v) is 5.62. The van der Waals surface area contributed by atoms with E-state index < -0.39 is 0 Å². The van der Waals surface area contributed by atoms with E-state index in [-0.39, 0.29) is 11.7 Å². The molecule has 0 radical (unpaired) electrons. The van der Waals surface area contributed by atoms with Crippen LogP contribution in [0.25, 0.3) is 15.9 Å². The standard InChI is InChI=1S/C22H32N6OS/c1-6-27(7-2)11-10-23-20(29)18-25-19-17-15-9-8-14(22(3,4)5)12-16(15)30-21(17)24-13-28(19)26-18/h13-14H,6-12H2,1-5H3,(H,23,29). The van der Waals surface area contributed by atoms with Crippen LogP contribution in [0.2, 0.25) is 0 Å². The van der Waals surface area contributed by atoms with Gasteiger partial charge in [0.1, 0.15) is 11.2 Å². The first-order valence-corrected chi connectivity index (χ1v) is 11.8. The molecule has 1 aliphatic rings. The minimum atomic E-state index is -0.226. The normalized spacial score (nSPS) is 17.1. The smallest absolute Gasteiger partial charge is 0.291 e. The second-order valence-corrected chi connectivity index (χ2v) is 10.3. The molecule has 0 bridgehead atoms. The number of nitrogens with one attached hydrogen (secondary N) is 1. The van der Waals surface area contributed by atoms with Gasteiger partial charge < -0.3 is 10.2 Å². The van der Waals surface area contributed by atoms with E-state index in [2.05, 4.69) is 59.9 Å². The van der Waals surface area contributed by atoms with Crippen LogP contribution >= 0.6 is 11.3 Å². The molecule has 0 aromatic carbocycles. The largest absolute Gasteiger partial charge is 0.348 e. The number of aryl methyl sites for hydroxylation is 1. The highest BCUT2D eigenvalue weighted by Crippen LogP contribution is 2.43. The van der Waals surface area contributed by atoms with E-state index in [1.807, 2.05) is 0 Å². The molecule has 0 fully saturated rings. The monoisotopic (exact) mass is 428 g/mol. The Hall–Kier alpha value is -2.06. The quantitative estimate of drug-likeness (QED) is 0.650. The highest BCUT2D eigenvalue weighted by Gasteiger charge is 2.32. The Bertz CT molecular complexity index is 1060. The van der Waals surface area contributed by atoms with Gasteiger partial charge in [0.25, 0.3) is 5.91 Å². The lowest BCUT2D eigenvalue weighted by Crippen LogP contribution is -2.35. The molecule has 0 spiro atoms. The van der Waals surface area contributed by atoms with E-state index in [4.69, 9.17) is 0 Å². The van der Waals surface area contributed by atoms with Gasteiger partial charge in [0, 0.05) is 18.0 Å². The molecule has 1 amide bonds. The van der Waals surface area contributed by atoms with Gasteiger partial charge >= 0.3 is 0 Å². The summed E-state index contributed by atoms with van der Waals surface area (Å²) in [4.78, 5) is 26.5. The van der Waals surface area contributed by atoms with E-state index in [0.29, 0.717) is 17.9 Å². The van der Waals surface area contributed by atoms with Gasteiger partial charge in [-0.2, -0.15) is 0 Å². The molecule has 4 rings (SSSR count). The molecule has 3 aromatic heterocycles. The number of hydrogen-bond donors (Lipinski definition) is 1. The van der Waals surface area contributed by atoms with E-state index in [0.717, 1.165) is 48.3 Å². The molecular weight excluding hydrogens is 396 g/mol. The molecule has 1 unspecified atom stereocenters. The van der Waals surface area contributed by atoms with E-state index in [1.54, 1.807) is 22.2 Å². The molecule has 1 atom stereocenters. The molecule has 7 nitrogen and oxygen atoms in total. The first-order chi connectivity index (χ1) is 14.3. The third kappa shape index (κ3) is 3.95. The molecule has 3 aromatic rings. The number of rotatable bonds is 6. The van der Waals surface area contributed by atoms with Crippen molar-refractivity contribution in [1.29, 1.82) is 0 Å². The minimum absolute atomic E-state index is 0.215. The number of nitrogens with zero attached hydrogens (tertiary/aromatic N) is 5.